The number of nitrogens with zero attached hydrogens (tertiary/aromatic N) is 2. The van der Waals surface area contributed by atoms with Crippen LogP contribution in [0.5, 0.6) is 0 Å². The third kappa shape index (κ3) is 7.57. The summed E-state index contributed by atoms with van der Waals surface area (Å²) in [5, 5.41) is 2.97. The number of halogens is 3. The lowest BCUT2D eigenvalue weighted by molar-refractivity contribution is -0.137. The van der Waals surface area contributed by atoms with Crippen molar-refractivity contribution in [3.05, 3.63) is 106 Å². The number of carbonyl (C=O) groups excluding carboxylic acids is 2. The first kappa shape index (κ1) is 30.6. The standard InChI is InChI=1S/C34H38F3N3O3/c1-32(2,3)28-12-6-24(7-13-28)20-38-30(41)27-10-4-26(5-11-27)22-40-23-33(43-31(40)42)16-18-39(19-17-33)21-25-8-14-29(15-9-25)34(35,36)37/h4-15H,16-23H2,1-3H3,(H,38,41). The quantitative estimate of drug-likeness (QED) is 0.323. The monoisotopic (exact) mass is 593 g/mol. The number of rotatable bonds is 7. The number of amides is 2. The van der Waals surface area contributed by atoms with E-state index in [4.69, 9.17) is 4.74 Å². The van der Waals surface area contributed by atoms with Gasteiger partial charge in [-0.15, -0.1) is 0 Å². The van der Waals surface area contributed by atoms with Gasteiger partial charge in [0.15, 0.2) is 0 Å². The smallest absolute Gasteiger partial charge is 0.416 e. The first-order valence-electron chi connectivity index (χ1n) is 14.6. The summed E-state index contributed by atoms with van der Waals surface area (Å²) in [7, 11) is 0. The Kier molecular flexibility index (Phi) is 8.56. The second kappa shape index (κ2) is 12.0. The molecule has 2 saturated heterocycles. The zero-order chi connectivity index (χ0) is 30.8. The molecule has 1 N–H and O–H groups in total. The van der Waals surface area contributed by atoms with Crippen LogP contribution in [0.4, 0.5) is 18.0 Å². The zero-order valence-electron chi connectivity index (χ0n) is 24.8. The van der Waals surface area contributed by atoms with Crippen molar-refractivity contribution in [3.63, 3.8) is 0 Å². The van der Waals surface area contributed by atoms with Crippen molar-refractivity contribution >= 4 is 12.0 Å². The van der Waals surface area contributed by atoms with Crippen molar-refractivity contribution < 1.29 is 27.5 Å². The number of alkyl halides is 3. The minimum atomic E-state index is -4.34. The van der Waals surface area contributed by atoms with Gasteiger partial charge in [-0.3, -0.25) is 14.6 Å². The highest BCUT2D eigenvalue weighted by atomic mass is 19.4. The Morgan fingerprint density at radius 3 is 1.93 bits per heavy atom. The Morgan fingerprint density at radius 1 is 0.814 bits per heavy atom. The fraction of sp³-hybridized carbons (Fsp3) is 0.412. The molecule has 2 aliphatic rings. The number of hydrogen-bond acceptors (Lipinski definition) is 4. The molecule has 43 heavy (non-hydrogen) atoms. The molecule has 0 unspecified atom stereocenters. The highest BCUT2D eigenvalue weighted by Crippen LogP contribution is 2.35. The van der Waals surface area contributed by atoms with Gasteiger partial charge in [0.1, 0.15) is 5.60 Å². The van der Waals surface area contributed by atoms with Gasteiger partial charge in [0.05, 0.1) is 12.1 Å². The van der Waals surface area contributed by atoms with Crippen molar-refractivity contribution in [2.24, 2.45) is 0 Å². The molecule has 0 aliphatic carbocycles. The van der Waals surface area contributed by atoms with Crippen LogP contribution in [-0.4, -0.2) is 47.0 Å². The summed E-state index contributed by atoms with van der Waals surface area (Å²) in [6, 6.07) is 20.8. The molecule has 9 heteroatoms. The van der Waals surface area contributed by atoms with E-state index >= 15 is 0 Å². The number of piperidine rings is 1. The molecule has 6 nitrogen and oxygen atoms in total. The van der Waals surface area contributed by atoms with Gasteiger partial charge in [-0.1, -0.05) is 69.3 Å². The van der Waals surface area contributed by atoms with Crippen LogP contribution in [-0.2, 0) is 36.0 Å². The topological polar surface area (TPSA) is 61.9 Å². The van der Waals surface area contributed by atoms with E-state index in [-0.39, 0.29) is 17.4 Å². The van der Waals surface area contributed by atoms with Crippen molar-refractivity contribution in [2.45, 2.75) is 70.4 Å². The van der Waals surface area contributed by atoms with E-state index < -0.39 is 17.3 Å². The van der Waals surface area contributed by atoms with Gasteiger partial charge in [0.25, 0.3) is 5.91 Å². The van der Waals surface area contributed by atoms with Gasteiger partial charge in [-0.25, -0.2) is 4.79 Å². The molecule has 2 fully saturated rings. The highest BCUT2D eigenvalue weighted by molar-refractivity contribution is 5.94. The first-order valence-corrected chi connectivity index (χ1v) is 14.6. The van der Waals surface area contributed by atoms with Crippen LogP contribution in [0.3, 0.4) is 0 Å². The van der Waals surface area contributed by atoms with Crippen LogP contribution in [0.25, 0.3) is 0 Å². The lowest BCUT2D eigenvalue weighted by Crippen LogP contribution is -2.46. The fourth-order valence-electron chi connectivity index (χ4n) is 5.64. The van der Waals surface area contributed by atoms with Gasteiger partial charge in [0.2, 0.25) is 0 Å². The van der Waals surface area contributed by atoms with E-state index in [0.717, 1.165) is 28.8 Å². The molecule has 0 bridgehead atoms. The molecule has 1 spiro atoms. The molecule has 228 valence electrons. The summed E-state index contributed by atoms with van der Waals surface area (Å²) in [5.41, 5.74) is 3.42. The Balaban J connectivity index is 1.09. The van der Waals surface area contributed by atoms with E-state index in [2.05, 4.69) is 43.1 Å². The maximum atomic E-state index is 12.8. The maximum absolute atomic E-state index is 12.8. The number of hydrogen-bond donors (Lipinski definition) is 1. The summed E-state index contributed by atoms with van der Waals surface area (Å²) in [6.07, 6.45) is -3.37. The van der Waals surface area contributed by atoms with Crippen molar-refractivity contribution in [3.8, 4) is 0 Å². The normalized spacial score (nSPS) is 17.3. The van der Waals surface area contributed by atoms with Crippen LogP contribution in [0.1, 0.15) is 71.8 Å². The number of benzene rings is 3. The van der Waals surface area contributed by atoms with Crippen LogP contribution in [0, 0.1) is 0 Å². The largest absolute Gasteiger partial charge is 0.441 e. The number of ether oxygens (including phenoxy) is 1. The van der Waals surface area contributed by atoms with E-state index in [1.165, 1.54) is 17.7 Å². The number of likely N-dealkylation sites (tertiary alicyclic amines) is 1. The predicted octanol–water partition coefficient (Wildman–Crippen LogP) is 6.92. The van der Waals surface area contributed by atoms with E-state index in [9.17, 15) is 22.8 Å². The fourth-order valence-corrected chi connectivity index (χ4v) is 5.64. The molecular formula is C34H38F3N3O3. The second-order valence-corrected chi connectivity index (χ2v) is 12.7. The number of carbonyl (C=O) groups is 2. The molecule has 0 aromatic heterocycles. The van der Waals surface area contributed by atoms with Crippen LogP contribution < -0.4 is 5.32 Å². The molecule has 2 heterocycles. The lowest BCUT2D eigenvalue weighted by atomic mass is 9.87. The third-order valence-corrected chi connectivity index (χ3v) is 8.36. The minimum absolute atomic E-state index is 0.0778. The SMILES string of the molecule is CC(C)(C)c1ccc(CNC(=O)c2ccc(CN3CC4(CCN(Cc5ccc(C(F)(F)F)cc5)CC4)OC3=O)cc2)cc1. The summed E-state index contributed by atoms with van der Waals surface area (Å²) >= 11 is 0. The van der Waals surface area contributed by atoms with Crippen molar-refractivity contribution in [1.29, 1.82) is 0 Å². The third-order valence-electron chi connectivity index (χ3n) is 8.36. The Morgan fingerprint density at radius 2 is 1.35 bits per heavy atom. The average Bonchev–Trinajstić information content (AvgIpc) is 3.26. The molecular weight excluding hydrogens is 555 g/mol. The van der Waals surface area contributed by atoms with Gasteiger partial charge in [0, 0.05) is 51.1 Å². The summed E-state index contributed by atoms with van der Waals surface area (Å²) in [4.78, 5) is 29.3. The van der Waals surface area contributed by atoms with E-state index in [0.29, 0.717) is 57.7 Å². The maximum Gasteiger partial charge on any atom is 0.416 e. The summed E-state index contributed by atoms with van der Waals surface area (Å²) < 4.78 is 44.4. The molecule has 0 radical (unpaired) electrons. The molecule has 3 aromatic rings. The van der Waals surface area contributed by atoms with Gasteiger partial charge >= 0.3 is 12.3 Å². The van der Waals surface area contributed by atoms with Crippen molar-refractivity contribution in [1.82, 2.24) is 15.1 Å². The molecule has 2 amide bonds. The van der Waals surface area contributed by atoms with Crippen LogP contribution in [0.2, 0.25) is 0 Å². The molecule has 5 rings (SSSR count). The Hall–Kier alpha value is -3.85. The van der Waals surface area contributed by atoms with Gasteiger partial charge in [-0.2, -0.15) is 13.2 Å². The average molecular weight is 594 g/mol. The van der Waals surface area contributed by atoms with E-state index in [1.54, 1.807) is 17.0 Å². The number of nitrogens with one attached hydrogen (secondary N) is 1. The predicted molar refractivity (Wildman–Crippen MR) is 158 cm³/mol. The van der Waals surface area contributed by atoms with Gasteiger partial charge in [-0.05, 0) is 51.9 Å². The second-order valence-electron chi connectivity index (χ2n) is 12.7. The summed E-state index contributed by atoms with van der Waals surface area (Å²) in [5.74, 6) is -0.158. The van der Waals surface area contributed by atoms with Gasteiger partial charge < -0.3 is 10.1 Å². The van der Waals surface area contributed by atoms with Crippen LogP contribution >= 0.6 is 0 Å². The highest BCUT2D eigenvalue weighted by Gasteiger charge is 2.46. The Bertz CT molecular complexity index is 1420. The molecule has 0 atom stereocenters. The minimum Gasteiger partial charge on any atom is -0.441 e. The molecule has 3 aromatic carbocycles. The molecule has 2 aliphatic heterocycles. The zero-order valence-corrected chi connectivity index (χ0v) is 24.8. The molecule has 0 saturated carbocycles. The van der Waals surface area contributed by atoms with Crippen LogP contribution in [0.15, 0.2) is 72.8 Å². The lowest BCUT2D eigenvalue weighted by Gasteiger charge is -2.37. The first-order chi connectivity index (χ1) is 20.3. The Labute approximate surface area is 250 Å². The van der Waals surface area contributed by atoms with Crippen molar-refractivity contribution in [2.75, 3.05) is 19.6 Å². The van der Waals surface area contributed by atoms with E-state index in [1.807, 2.05) is 24.3 Å². The summed E-state index contributed by atoms with van der Waals surface area (Å²) in [6.45, 7) is 9.73.